The fraction of sp³-hybridized carbons (Fsp3) is 0.333. The maximum Gasteiger partial charge on any atom is 0.260 e. The lowest BCUT2D eigenvalue weighted by Crippen LogP contribution is -2.30. The van der Waals surface area contributed by atoms with Crippen molar-refractivity contribution in [1.29, 1.82) is 0 Å². The number of ketones is 1. The van der Waals surface area contributed by atoms with Gasteiger partial charge in [0, 0.05) is 24.3 Å². The molecule has 1 N–H and O–H groups in total. The van der Waals surface area contributed by atoms with Crippen LogP contribution in [0.15, 0.2) is 35.0 Å². The van der Waals surface area contributed by atoms with Gasteiger partial charge < -0.3 is 14.6 Å². The number of aryl methyl sites for hydroxylation is 1. The molecule has 28 heavy (non-hydrogen) atoms. The topological polar surface area (TPSA) is 88.3 Å². The molecule has 144 valence electrons. The van der Waals surface area contributed by atoms with Crippen LogP contribution in [0.1, 0.15) is 52.7 Å². The predicted octanol–water partition coefficient (Wildman–Crippen LogP) is 3.98. The molecule has 1 fully saturated rings. The summed E-state index contributed by atoms with van der Waals surface area (Å²) >= 11 is 0. The first kappa shape index (κ1) is 18.2. The molecule has 1 aliphatic heterocycles. The summed E-state index contributed by atoms with van der Waals surface area (Å²) in [6.07, 6.45) is 4.88. The van der Waals surface area contributed by atoms with Crippen molar-refractivity contribution in [2.24, 2.45) is 0 Å². The van der Waals surface area contributed by atoms with Gasteiger partial charge in [-0.05, 0) is 45.2 Å². The molecule has 0 radical (unpaired) electrons. The zero-order valence-electron chi connectivity index (χ0n) is 16.0. The van der Waals surface area contributed by atoms with E-state index in [9.17, 15) is 9.59 Å². The summed E-state index contributed by atoms with van der Waals surface area (Å²) in [5.41, 5.74) is 1.95. The van der Waals surface area contributed by atoms with Crippen LogP contribution >= 0.6 is 0 Å². The van der Waals surface area contributed by atoms with Crippen LogP contribution in [0.4, 0.5) is 11.5 Å². The van der Waals surface area contributed by atoms with E-state index in [4.69, 9.17) is 4.42 Å². The standard InChI is InChI=1S/C21H22N4O3/c1-13(26)15-7-6-8-16(11-15)24-20(27)17-14(2)28-21-18(17)19(22-12-23-21)25-9-4-3-5-10-25/h6-8,11-12H,3-5,9-10H2,1-2H3,(H,24,27). The van der Waals surface area contributed by atoms with Gasteiger partial charge in [-0.1, -0.05) is 12.1 Å². The van der Waals surface area contributed by atoms with E-state index in [1.54, 1.807) is 31.2 Å². The minimum Gasteiger partial charge on any atom is -0.442 e. The number of rotatable bonds is 4. The average Bonchev–Trinajstić information content (AvgIpc) is 3.04. The quantitative estimate of drug-likeness (QED) is 0.691. The third-order valence-electron chi connectivity index (χ3n) is 5.05. The van der Waals surface area contributed by atoms with E-state index in [0.717, 1.165) is 31.7 Å². The summed E-state index contributed by atoms with van der Waals surface area (Å²) in [4.78, 5) is 35.6. The number of amides is 1. The summed E-state index contributed by atoms with van der Waals surface area (Å²) < 4.78 is 5.76. The zero-order valence-corrected chi connectivity index (χ0v) is 16.0. The molecular formula is C21H22N4O3. The predicted molar refractivity (Wildman–Crippen MR) is 107 cm³/mol. The Morgan fingerprint density at radius 2 is 1.93 bits per heavy atom. The number of benzene rings is 1. The number of furan rings is 1. The van der Waals surface area contributed by atoms with Crippen molar-refractivity contribution in [3.05, 3.63) is 47.5 Å². The van der Waals surface area contributed by atoms with Crippen molar-refractivity contribution in [3.63, 3.8) is 0 Å². The molecule has 0 unspecified atom stereocenters. The fourth-order valence-electron chi connectivity index (χ4n) is 3.66. The summed E-state index contributed by atoms with van der Waals surface area (Å²) in [6.45, 7) is 5.05. The van der Waals surface area contributed by atoms with E-state index in [1.165, 1.54) is 19.7 Å². The number of carbonyl (C=O) groups excluding carboxylic acids is 2. The highest BCUT2D eigenvalue weighted by Gasteiger charge is 2.26. The van der Waals surface area contributed by atoms with Crippen molar-refractivity contribution in [2.75, 3.05) is 23.3 Å². The first-order chi connectivity index (χ1) is 13.5. The number of piperidine rings is 1. The Hall–Kier alpha value is -3.22. The Bertz CT molecular complexity index is 1050. The van der Waals surface area contributed by atoms with Gasteiger partial charge >= 0.3 is 0 Å². The highest BCUT2D eigenvalue weighted by Crippen LogP contribution is 2.33. The van der Waals surface area contributed by atoms with Crippen LogP contribution in [0.25, 0.3) is 11.1 Å². The van der Waals surface area contributed by atoms with Gasteiger partial charge in [0.05, 0.1) is 10.9 Å². The largest absolute Gasteiger partial charge is 0.442 e. The lowest BCUT2D eigenvalue weighted by Gasteiger charge is -2.28. The Morgan fingerprint density at radius 3 is 2.68 bits per heavy atom. The second-order valence-electron chi connectivity index (χ2n) is 7.05. The second-order valence-corrected chi connectivity index (χ2v) is 7.05. The number of nitrogens with one attached hydrogen (secondary N) is 1. The molecule has 7 nitrogen and oxygen atoms in total. The Morgan fingerprint density at radius 1 is 1.14 bits per heavy atom. The minimum atomic E-state index is -0.301. The summed E-state index contributed by atoms with van der Waals surface area (Å²) in [6, 6.07) is 6.89. The summed E-state index contributed by atoms with van der Waals surface area (Å²) in [5, 5.41) is 3.52. The van der Waals surface area contributed by atoms with Gasteiger partial charge in [0.15, 0.2) is 5.78 Å². The maximum atomic E-state index is 13.1. The van der Waals surface area contributed by atoms with Gasteiger partial charge in [0.2, 0.25) is 5.71 Å². The third-order valence-corrected chi connectivity index (χ3v) is 5.05. The Kier molecular flexibility index (Phi) is 4.81. The molecule has 0 bridgehead atoms. The van der Waals surface area contributed by atoms with Crippen molar-refractivity contribution >= 4 is 34.3 Å². The number of nitrogens with zero attached hydrogens (tertiary/aromatic N) is 3. The van der Waals surface area contributed by atoms with Crippen LogP contribution in [-0.4, -0.2) is 34.7 Å². The van der Waals surface area contributed by atoms with Crippen LogP contribution in [0.3, 0.4) is 0 Å². The van der Waals surface area contributed by atoms with Crippen LogP contribution in [-0.2, 0) is 0 Å². The van der Waals surface area contributed by atoms with Crippen LogP contribution < -0.4 is 10.2 Å². The molecule has 0 atom stereocenters. The molecule has 1 saturated heterocycles. The minimum absolute atomic E-state index is 0.0539. The van der Waals surface area contributed by atoms with E-state index in [-0.39, 0.29) is 11.7 Å². The van der Waals surface area contributed by atoms with Crippen molar-refractivity contribution < 1.29 is 14.0 Å². The number of carbonyl (C=O) groups is 2. The lowest BCUT2D eigenvalue weighted by molar-refractivity contribution is 0.101. The van der Waals surface area contributed by atoms with Crippen LogP contribution in [0.2, 0.25) is 0 Å². The normalized spacial score (nSPS) is 14.3. The van der Waals surface area contributed by atoms with Gasteiger partial charge in [-0.15, -0.1) is 0 Å². The molecule has 1 aromatic carbocycles. The van der Waals surface area contributed by atoms with Gasteiger partial charge in [0.25, 0.3) is 5.91 Å². The highest BCUT2D eigenvalue weighted by atomic mass is 16.3. The zero-order chi connectivity index (χ0) is 19.7. The lowest BCUT2D eigenvalue weighted by atomic mass is 10.1. The molecule has 7 heteroatoms. The highest BCUT2D eigenvalue weighted by molar-refractivity contribution is 6.15. The maximum absolute atomic E-state index is 13.1. The molecule has 0 aliphatic carbocycles. The summed E-state index contributed by atoms with van der Waals surface area (Å²) in [5.74, 6) is 0.880. The molecular weight excluding hydrogens is 356 g/mol. The van der Waals surface area contributed by atoms with Gasteiger partial charge in [-0.25, -0.2) is 9.97 Å². The molecule has 3 heterocycles. The number of aromatic nitrogens is 2. The number of Topliss-reactive ketones (excluding diaryl/α,β-unsaturated/α-hetero) is 1. The van der Waals surface area contributed by atoms with Crippen molar-refractivity contribution in [1.82, 2.24) is 9.97 Å². The first-order valence-electron chi connectivity index (χ1n) is 9.46. The first-order valence-corrected chi connectivity index (χ1v) is 9.46. The molecule has 4 rings (SSSR count). The molecule has 2 aromatic heterocycles. The van der Waals surface area contributed by atoms with Gasteiger partial charge in [-0.3, -0.25) is 9.59 Å². The van der Waals surface area contributed by atoms with Crippen LogP contribution in [0, 0.1) is 6.92 Å². The third kappa shape index (κ3) is 3.35. The van der Waals surface area contributed by atoms with Gasteiger partial charge in [0.1, 0.15) is 17.9 Å². The molecule has 3 aromatic rings. The van der Waals surface area contributed by atoms with Crippen LogP contribution in [0.5, 0.6) is 0 Å². The Labute approximate surface area is 162 Å². The van der Waals surface area contributed by atoms with E-state index in [2.05, 4.69) is 20.2 Å². The Balaban J connectivity index is 1.73. The van der Waals surface area contributed by atoms with E-state index >= 15 is 0 Å². The molecule has 1 amide bonds. The van der Waals surface area contributed by atoms with E-state index in [1.807, 2.05) is 0 Å². The number of hydrogen-bond donors (Lipinski definition) is 1. The SMILES string of the molecule is CC(=O)c1cccc(NC(=O)c2c(C)oc3ncnc(N4CCCCC4)c23)c1. The second kappa shape index (κ2) is 7.42. The van der Waals surface area contributed by atoms with Crippen molar-refractivity contribution in [3.8, 4) is 0 Å². The number of fused-ring (bicyclic) bond motifs is 1. The van der Waals surface area contributed by atoms with Gasteiger partial charge in [-0.2, -0.15) is 0 Å². The van der Waals surface area contributed by atoms with Crippen molar-refractivity contribution in [2.45, 2.75) is 33.1 Å². The molecule has 0 spiro atoms. The number of hydrogen-bond acceptors (Lipinski definition) is 6. The van der Waals surface area contributed by atoms with E-state index in [0.29, 0.717) is 33.7 Å². The molecule has 0 saturated carbocycles. The average molecular weight is 378 g/mol. The van der Waals surface area contributed by atoms with E-state index < -0.39 is 0 Å². The number of anilines is 2. The fourth-order valence-corrected chi connectivity index (χ4v) is 3.66. The smallest absolute Gasteiger partial charge is 0.260 e. The molecule has 1 aliphatic rings. The monoisotopic (exact) mass is 378 g/mol. The summed E-state index contributed by atoms with van der Waals surface area (Å²) in [7, 11) is 0.